The molecule has 0 N–H and O–H groups in total. The lowest BCUT2D eigenvalue weighted by molar-refractivity contribution is 0.0983. The molecule has 3 rings (SSSR count). The summed E-state index contributed by atoms with van der Waals surface area (Å²) in [4.78, 5) is 20.8. The van der Waals surface area contributed by atoms with E-state index in [4.69, 9.17) is 0 Å². The number of pyridine rings is 1. The van der Waals surface area contributed by atoms with Gasteiger partial charge in [0.05, 0.1) is 11.9 Å². The number of carbonyl (C=O) groups is 1. The molecule has 0 radical (unpaired) electrons. The zero-order chi connectivity index (χ0) is 13.9. The van der Waals surface area contributed by atoms with Crippen LogP contribution >= 0.6 is 0 Å². The minimum absolute atomic E-state index is 0.116. The monoisotopic (exact) mass is 273 g/mol. The Morgan fingerprint density at radius 2 is 2.00 bits per heavy atom. The van der Waals surface area contributed by atoms with Crippen LogP contribution in [-0.2, 0) is 0 Å². The molecule has 20 heavy (non-hydrogen) atoms. The molecule has 2 heterocycles. The first-order valence-corrected chi connectivity index (χ1v) is 7.73. The number of hydrogen-bond donors (Lipinski definition) is 0. The van der Waals surface area contributed by atoms with Crippen LogP contribution < -0.4 is 4.90 Å². The molecule has 1 aromatic rings. The highest BCUT2D eigenvalue weighted by Gasteiger charge is 2.26. The van der Waals surface area contributed by atoms with Crippen LogP contribution in [0.15, 0.2) is 18.3 Å². The van der Waals surface area contributed by atoms with Crippen molar-refractivity contribution in [3.63, 3.8) is 0 Å². The van der Waals surface area contributed by atoms with Crippen LogP contribution in [0, 0.1) is 5.92 Å². The van der Waals surface area contributed by atoms with Gasteiger partial charge in [0.25, 0.3) is 0 Å². The van der Waals surface area contributed by atoms with Crippen LogP contribution in [0.25, 0.3) is 0 Å². The lowest BCUT2D eigenvalue weighted by Crippen LogP contribution is -2.47. The Morgan fingerprint density at radius 1 is 1.25 bits per heavy atom. The Hall–Kier alpha value is -1.42. The zero-order valence-electron chi connectivity index (χ0n) is 12.2. The van der Waals surface area contributed by atoms with Gasteiger partial charge in [0, 0.05) is 39.1 Å². The summed E-state index contributed by atoms with van der Waals surface area (Å²) >= 11 is 0. The number of aromatic nitrogens is 1. The topological polar surface area (TPSA) is 36.4 Å². The second-order valence-corrected chi connectivity index (χ2v) is 5.91. The van der Waals surface area contributed by atoms with E-state index in [2.05, 4.69) is 14.8 Å². The van der Waals surface area contributed by atoms with Crippen molar-refractivity contribution in [2.75, 3.05) is 37.6 Å². The van der Waals surface area contributed by atoms with Crippen molar-refractivity contribution in [2.24, 2.45) is 5.92 Å². The first kappa shape index (κ1) is 13.6. The Bertz CT molecular complexity index is 459. The van der Waals surface area contributed by atoms with E-state index in [0.717, 1.165) is 37.8 Å². The van der Waals surface area contributed by atoms with Crippen LogP contribution in [0.4, 0.5) is 5.69 Å². The molecule has 1 saturated heterocycles. The summed E-state index contributed by atoms with van der Waals surface area (Å²) in [7, 11) is 0. The van der Waals surface area contributed by atoms with E-state index < -0.39 is 0 Å². The van der Waals surface area contributed by atoms with Crippen LogP contribution in [-0.4, -0.2) is 48.4 Å². The lowest BCUT2D eigenvalue weighted by atomic mass is 10.2. The van der Waals surface area contributed by atoms with Gasteiger partial charge in [-0.05, 0) is 30.9 Å². The zero-order valence-corrected chi connectivity index (χ0v) is 12.2. The van der Waals surface area contributed by atoms with E-state index in [-0.39, 0.29) is 5.78 Å². The van der Waals surface area contributed by atoms with Gasteiger partial charge in [-0.1, -0.05) is 6.92 Å². The molecule has 4 heteroatoms. The number of anilines is 1. The maximum atomic E-state index is 11.6. The van der Waals surface area contributed by atoms with Crippen LogP contribution in [0.1, 0.15) is 36.7 Å². The average molecular weight is 273 g/mol. The van der Waals surface area contributed by atoms with Crippen molar-refractivity contribution in [1.29, 1.82) is 0 Å². The van der Waals surface area contributed by atoms with E-state index in [0.29, 0.717) is 12.1 Å². The van der Waals surface area contributed by atoms with Crippen LogP contribution in [0.3, 0.4) is 0 Å². The molecule has 0 aromatic carbocycles. The molecule has 0 atom stereocenters. The summed E-state index contributed by atoms with van der Waals surface area (Å²) in [6.07, 6.45) is 5.22. The van der Waals surface area contributed by atoms with Crippen molar-refractivity contribution in [1.82, 2.24) is 9.88 Å². The highest BCUT2D eigenvalue weighted by molar-refractivity contribution is 5.94. The number of hydrogen-bond acceptors (Lipinski definition) is 4. The molecule has 1 aromatic heterocycles. The van der Waals surface area contributed by atoms with Crippen LogP contribution in [0.5, 0.6) is 0 Å². The molecular weight excluding hydrogens is 250 g/mol. The Kier molecular flexibility index (Phi) is 4.01. The fraction of sp³-hybridized carbons (Fsp3) is 0.625. The molecule has 2 fully saturated rings. The normalized spacial score (nSPS) is 20.1. The molecule has 0 amide bonds. The van der Waals surface area contributed by atoms with Crippen LogP contribution in [0.2, 0.25) is 0 Å². The Balaban J connectivity index is 1.55. The van der Waals surface area contributed by atoms with Gasteiger partial charge in [-0.2, -0.15) is 0 Å². The van der Waals surface area contributed by atoms with Gasteiger partial charge < -0.3 is 4.90 Å². The van der Waals surface area contributed by atoms with Gasteiger partial charge in [-0.15, -0.1) is 0 Å². The Labute approximate surface area is 120 Å². The third-order valence-corrected chi connectivity index (χ3v) is 4.31. The Morgan fingerprint density at radius 3 is 2.55 bits per heavy atom. The van der Waals surface area contributed by atoms with Crippen molar-refractivity contribution >= 4 is 11.5 Å². The fourth-order valence-corrected chi connectivity index (χ4v) is 2.77. The minimum Gasteiger partial charge on any atom is -0.368 e. The molecule has 108 valence electrons. The molecule has 1 saturated carbocycles. The van der Waals surface area contributed by atoms with Gasteiger partial charge in [-0.25, -0.2) is 0 Å². The molecule has 0 unspecified atom stereocenters. The first-order chi connectivity index (χ1) is 9.76. The van der Waals surface area contributed by atoms with Crippen molar-refractivity contribution in [3.8, 4) is 0 Å². The van der Waals surface area contributed by atoms with E-state index >= 15 is 0 Å². The largest absolute Gasteiger partial charge is 0.368 e. The quantitative estimate of drug-likeness (QED) is 0.771. The van der Waals surface area contributed by atoms with Crippen molar-refractivity contribution in [3.05, 3.63) is 24.0 Å². The lowest BCUT2D eigenvalue weighted by Gasteiger charge is -2.36. The highest BCUT2D eigenvalue weighted by Crippen LogP contribution is 2.30. The second-order valence-electron chi connectivity index (χ2n) is 5.91. The van der Waals surface area contributed by atoms with E-state index in [1.807, 2.05) is 25.3 Å². The molecule has 2 aliphatic rings. The number of ketones is 1. The number of Topliss-reactive ketones (excluding diaryl/α,β-unsaturated/α-hetero) is 1. The standard InChI is InChI=1S/C16H23N3O/c1-2-16(20)15-6-5-14(11-17-15)19-9-7-18(8-10-19)12-13-3-4-13/h5-6,11,13H,2-4,7-10,12H2,1H3. The molecule has 1 aliphatic heterocycles. The summed E-state index contributed by atoms with van der Waals surface area (Å²) in [5.41, 5.74) is 1.73. The van der Waals surface area contributed by atoms with Crippen molar-refractivity contribution < 1.29 is 4.79 Å². The highest BCUT2D eigenvalue weighted by atomic mass is 16.1. The molecular formula is C16H23N3O. The number of carbonyl (C=O) groups excluding carboxylic acids is 1. The average Bonchev–Trinajstić information content (AvgIpc) is 3.31. The third-order valence-electron chi connectivity index (χ3n) is 4.31. The second kappa shape index (κ2) is 5.92. The number of nitrogens with zero attached hydrogens (tertiary/aromatic N) is 3. The SMILES string of the molecule is CCC(=O)c1ccc(N2CCN(CC3CC3)CC2)cn1. The maximum Gasteiger partial charge on any atom is 0.180 e. The predicted octanol–water partition coefficient (Wildman–Crippen LogP) is 2.21. The van der Waals surface area contributed by atoms with Gasteiger partial charge >= 0.3 is 0 Å². The summed E-state index contributed by atoms with van der Waals surface area (Å²) < 4.78 is 0. The minimum atomic E-state index is 0.116. The number of rotatable bonds is 5. The van der Waals surface area contributed by atoms with Gasteiger partial charge in [-0.3, -0.25) is 14.7 Å². The van der Waals surface area contributed by atoms with Crippen molar-refractivity contribution in [2.45, 2.75) is 26.2 Å². The fourth-order valence-electron chi connectivity index (χ4n) is 2.77. The predicted molar refractivity (Wildman–Crippen MR) is 80.2 cm³/mol. The van der Waals surface area contributed by atoms with E-state index in [9.17, 15) is 4.79 Å². The summed E-state index contributed by atoms with van der Waals surface area (Å²) in [5, 5.41) is 0. The summed E-state index contributed by atoms with van der Waals surface area (Å²) in [6.45, 7) is 7.58. The van der Waals surface area contributed by atoms with Gasteiger partial charge in [0.1, 0.15) is 5.69 Å². The molecule has 1 aliphatic carbocycles. The maximum absolute atomic E-state index is 11.6. The third kappa shape index (κ3) is 3.18. The first-order valence-electron chi connectivity index (χ1n) is 7.73. The van der Waals surface area contributed by atoms with E-state index in [1.165, 1.54) is 19.4 Å². The smallest absolute Gasteiger partial charge is 0.180 e. The molecule has 0 spiro atoms. The van der Waals surface area contributed by atoms with Gasteiger partial charge in [0.2, 0.25) is 0 Å². The summed E-state index contributed by atoms with van der Waals surface area (Å²) in [5.74, 6) is 1.09. The molecule has 0 bridgehead atoms. The number of piperazine rings is 1. The molecule has 4 nitrogen and oxygen atoms in total. The summed E-state index contributed by atoms with van der Waals surface area (Å²) in [6, 6.07) is 3.89. The van der Waals surface area contributed by atoms with Gasteiger partial charge in [0.15, 0.2) is 5.78 Å². The van der Waals surface area contributed by atoms with E-state index in [1.54, 1.807) is 0 Å².